The van der Waals surface area contributed by atoms with Crippen LogP contribution >= 0.6 is 0 Å². The zero-order chi connectivity index (χ0) is 15.8. The van der Waals surface area contributed by atoms with Gasteiger partial charge in [0.15, 0.2) is 5.96 Å². The molecular weight excluding hydrogens is 256 g/mol. The van der Waals surface area contributed by atoms with Crippen molar-refractivity contribution >= 4 is 11.9 Å². The summed E-state index contributed by atoms with van der Waals surface area (Å²) in [7, 11) is 6.93. The lowest BCUT2D eigenvalue weighted by Gasteiger charge is -2.30. The van der Waals surface area contributed by atoms with E-state index < -0.39 is 0 Å². The Balaban J connectivity index is 4.15. The van der Waals surface area contributed by atoms with Gasteiger partial charge in [-0.15, -0.1) is 0 Å². The van der Waals surface area contributed by atoms with E-state index in [0.29, 0.717) is 25.5 Å². The van der Waals surface area contributed by atoms with E-state index in [1.165, 1.54) is 0 Å². The highest BCUT2D eigenvalue weighted by atomic mass is 16.5. The molecule has 1 atom stereocenters. The lowest BCUT2D eigenvalue weighted by atomic mass is 9.89. The Hall–Kier alpha value is -1.30. The molecule has 0 spiro atoms. The first-order valence-electron chi connectivity index (χ1n) is 6.89. The fourth-order valence-electron chi connectivity index (χ4n) is 1.66. The minimum absolute atomic E-state index is 0.0570. The molecule has 0 aromatic rings. The van der Waals surface area contributed by atoms with Gasteiger partial charge >= 0.3 is 0 Å². The lowest BCUT2D eigenvalue weighted by Crippen LogP contribution is -2.45. The number of carbonyl (C=O) groups is 1. The van der Waals surface area contributed by atoms with Crippen LogP contribution in [0.15, 0.2) is 4.99 Å². The third-order valence-corrected chi connectivity index (χ3v) is 3.06. The SMILES string of the molecule is CN=C(NCCC(=O)N(C)C)NCC(OC)C(C)(C)C. The minimum Gasteiger partial charge on any atom is -0.379 e. The average molecular weight is 286 g/mol. The molecule has 2 N–H and O–H groups in total. The van der Waals surface area contributed by atoms with E-state index in [1.54, 1.807) is 33.2 Å². The van der Waals surface area contributed by atoms with Crippen molar-refractivity contribution in [2.75, 3.05) is 41.3 Å². The highest BCUT2D eigenvalue weighted by molar-refractivity contribution is 5.81. The van der Waals surface area contributed by atoms with Crippen LogP contribution in [0, 0.1) is 5.41 Å². The molecule has 118 valence electrons. The molecule has 0 saturated carbocycles. The van der Waals surface area contributed by atoms with E-state index in [1.807, 2.05) is 0 Å². The Morgan fingerprint density at radius 2 is 1.90 bits per heavy atom. The summed E-state index contributed by atoms with van der Waals surface area (Å²) < 4.78 is 5.48. The molecule has 0 aromatic heterocycles. The first kappa shape index (κ1) is 18.7. The van der Waals surface area contributed by atoms with Crippen LogP contribution in [-0.2, 0) is 9.53 Å². The van der Waals surface area contributed by atoms with Gasteiger partial charge in [0, 0.05) is 47.8 Å². The zero-order valence-electron chi connectivity index (χ0n) is 13.9. The number of carbonyl (C=O) groups excluding carboxylic acids is 1. The lowest BCUT2D eigenvalue weighted by molar-refractivity contribution is -0.128. The molecule has 0 aliphatic rings. The van der Waals surface area contributed by atoms with Crippen LogP contribution < -0.4 is 10.6 Å². The summed E-state index contributed by atoms with van der Waals surface area (Å²) in [5.74, 6) is 0.778. The van der Waals surface area contributed by atoms with Crippen molar-refractivity contribution in [3.8, 4) is 0 Å². The molecule has 0 aromatic carbocycles. The van der Waals surface area contributed by atoms with Gasteiger partial charge in [0.2, 0.25) is 5.91 Å². The normalized spacial score (nSPS) is 13.8. The van der Waals surface area contributed by atoms with Crippen molar-refractivity contribution in [3.63, 3.8) is 0 Å². The predicted molar refractivity (Wildman–Crippen MR) is 82.9 cm³/mol. The quantitative estimate of drug-likeness (QED) is 0.557. The number of nitrogens with zero attached hydrogens (tertiary/aromatic N) is 2. The summed E-state index contributed by atoms with van der Waals surface area (Å²) in [6.07, 6.45) is 0.533. The summed E-state index contributed by atoms with van der Waals surface area (Å²) in [6, 6.07) is 0. The molecule has 0 radical (unpaired) electrons. The van der Waals surface area contributed by atoms with Gasteiger partial charge in [-0.25, -0.2) is 0 Å². The number of ether oxygens (including phenoxy) is 1. The van der Waals surface area contributed by atoms with E-state index in [2.05, 4.69) is 36.4 Å². The largest absolute Gasteiger partial charge is 0.379 e. The molecule has 0 fully saturated rings. The molecule has 1 amide bonds. The Morgan fingerprint density at radius 3 is 2.30 bits per heavy atom. The van der Waals surface area contributed by atoms with E-state index in [-0.39, 0.29) is 17.4 Å². The summed E-state index contributed by atoms with van der Waals surface area (Å²) in [6.45, 7) is 7.63. The van der Waals surface area contributed by atoms with Gasteiger partial charge in [-0.2, -0.15) is 0 Å². The molecule has 20 heavy (non-hydrogen) atoms. The molecule has 1 unspecified atom stereocenters. The predicted octanol–water partition coefficient (Wildman–Crippen LogP) is 0.691. The van der Waals surface area contributed by atoms with Crippen molar-refractivity contribution in [1.82, 2.24) is 15.5 Å². The highest BCUT2D eigenvalue weighted by Gasteiger charge is 2.24. The third-order valence-electron chi connectivity index (χ3n) is 3.06. The monoisotopic (exact) mass is 286 g/mol. The summed E-state index contributed by atoms with van der Waals surface area (Å²) in [5, 5.41) is 6.34. The molecular formula is C14H30N4O2. The topological polar surface area (TPSA) is 66.0 Å². The van der Waals surface area contributed by atoms with Crippen LogP contribution in [0.3, 0.4) is 0 Å². The fraction of sp³-hybridized carbons (Fsp3) is 0.857. The molecule has 0 bridgehead atoms. The number of nitrogens with one attached hydrogen (secondary N) is 2. The second-order valence-corrected chi connectivity index (χ2v) is 6.01. The second kappa shape index (κ2) is 8.79. The van der Waals surface area contributed by atoms with Crippen LogP contribution in [0.1, 0.15) is 27.2 Å². The molecule has 0 aliphatic heterocycles. The highest BCUT2D eigenvalue weighted by Crippen LogP contribution is 2.20. The standard InChI is InChI=1S/C14H30N4O2/c1-14(2,3)11(20-7)10-17-13(15-4)16-9-8-12(19)18(5)6/h11H,8-10H2,1-7H3,(H2,15,16,17). The number of amides is 1. The molecule has 0 heterocycles. The second-order valence-electron chi connectivity index (χ2n) is 6.01. The Bertz CT molecular complexity index is 322. The number of hydrogen-bond donors (Lipinski definition) is 2. The van der Waals surface area contributed by atoms with Gasteiger partial charge in [0.25, 0.3) is 0 Å². The fourth-order valence-corrected chi connectivity index (χ4v) is 1.66. The van der Waals surface area contributed by atoms with Crippen molar-refractivity contribution < 1.29 is 9.53 Å². The van der Waals surface area contributed by atoms with Crippen LogP contribution in [0.25, 0.3) is 0 Å². The van der Waals surface area contributed by atoms with Gasteiger partial charge in [0.05, 0.1) is 6.10 Å². The third kappa shape index (κ3) is 7.33. The van der Waals surface area contributed by atoms with Crippen molar-refractivity contribution in [2.24, 2.45) is 10.4 Å². The Kier molecular flexibility index (Phi) is 8.22. The minimum atomic E-state index is 0.0570. The maximum absolute atomic E-state index is 11.5. The van der Waals surface area contributed by atoms with Crippen LogP contribution in [0.2, 0.25) is 0 Å². The maximum Gasteiger partial charge on any atom is 0.223 e. The maximum atomic E-state index is 11.5. The summed E-state index contributed by atoms with van der Waals surface area (Å²) in [5.41, 5.74) is 0.0570. The number of hydrogen-bond acceptors (Lipinski definition) is 3. The smallest absolute Gasteiger partial charge is 0.223 e. The zero-order valence-corrected chi connectivity index (χ0v) is 13.9. The van der Waals surface area contributed by atoms with Gasteiger partial charge in [0.1, 0.15) is 0 Å². The van der Waals surface area contributed by atoms with E-state index in [4.69, 9.17) is 4.74 Å². The first-order valence-corrected chi connectivity index (χ1v) is 6.89. The van der Waals surface area contributed by atoms with Crippen molar-refractivity contribution in [3.05, 3.63) is 0 Å². The molecule has 6 nitrogen and oxygen atoms in total. The van der Waals surface area contributed by atoms with Crippen LogP contribution in [0.5, 0.6) is 0 Å². The molecule has 0 aliphatic carbocycles. The number of methoxy groups -OCH3 is 1. The molecule has 0 saturated heterocycles. The summed E-state index contributed by atoms with van der Waals surface area (Å²) in [4.78, 5) is 17.2. The number of guanidine groups is 1. The molecule has 0 rings (SSSR count). The Labute approximate surface area is 123 Å². The van der Waals surface area contributed by atoms with Crippen molar-refractivity contribution in [1.29, 1.82) is 0 Å². The van der Waals surface area contributed by atoms with E-state index in [9.17, 15) is 4.79 Å². The van der Waals surface area contributed by atoms with Crippen LogP contribution in [-0.4, -0.2) is 64.2 Å². The van der Waals surface area contributed by atoms with Crippen molar-refractivity contribution in [2.45, 2.75) is 33.3 Å². The first-order chi connectivity index (χ1) is 9.22. The van der Waals surface area contributed by atoms with Crippen LogP contribution in [0.4, 0.5) is 0 Å². The van der Waals surface area contributed by atoms with Gasteiger partial charge in [-0.05, 0) is 5.41 Å². The van der Waals surface area contributed by atoms with E-state index in [0.717, 1.165) is 0 Å². The van der Waals surface area contributed by atoms with Gasteiger partial charge in [-0.1, -0.05) is 20.8 Å². The molecule has 6 heteroatoms. The van der Waals surface area contributed by atoms with E-state index >= 15 is 0 Å². The average Bonchev–Trinajstić information content (AvgIpc) is 2.35. The number of aliphatic imine (C=N–C) groups is 1. The summed E-state index contributed by atoms with van der Waals surface area (Å²) >= 11 is 0. The van der Waals surface area contributed by atoms with Gasteiger partial charge < -0.3 is 20.3 Å². The number of rotatable bonds is 6. The Morgan fingerprint density at radius 1 is 1.30 bits per heavy atom. The van der Waals surface area contributed by atoms with Gasteiger partial charge in [-0.3, -0.25) is 9.79 Å².